The molecule has 7 N–H and O–H groups in total. The van der Waals surface area contributed by atoms with Crippen LogP contribution >= 0.6 is 27.0 Å². The van der Waals surface area contributed by atoms with E-state index in [1.54, 1.807) is 0 Å². The molecule has 0 radical (unpaired) electrons. The molecule has 3 unspecified atom stereocenters. The summed E-state index contributed by atoms with van der Waals surface area (Å²) in [6, 6.07) is -1.70. The van der Waals surface area contributed by atoms with Crippen molar-refractivity contribution in [2.75, 3.05) is 6.16 Å². The van der Waals surface area contributed by atoms with Crippen LogP contribution in [0.3, 0.4) is 0 Å². The SMILES string of the molecule is CC(=O)SC(C)(CP(=O)(O)O)C(N)C(O)P(=O)(O)O. The van der Waals surface area contributed by atoms with Crippen LogP contribution in [-0.2, 0) is 13.9 Å². The van der Waals surface area contributed by atoms with Crippen molar-refractivity contribution in [2.24, 2.45) is 5.73 Å². The van der Waals surface area contributed by atoms with Crippen LogP contribution in [-0.4, -0.2) is 52.6 Å². The molecule has 19 heavy (non-hydrogen) atoms. The first-order chi connectivity index (χ1) is 8.19. The van der Waals surface area contributed by atoms with E-state index in [2.05, 4.69) is 0 Å². The molecule has 3 atom stereocenters. The van der Waals surface area contributed by atoms with Gasteiger partial charge in [-0.15, -0.1) is 0 Å². The van der Waals surface area contributed by atoms with Crippen molar-refractivity contribution in [2.45, 2.75) is 30.5 Å². The Hall–Kier alpha value is 0.240. The molecular weight excluding hydrogens is 320 g/mol. The first kappa shape index (κ1) is 19.2. The Labute approximate surface area is 113 Å². The smallest absolute Gasteiger partial charge is 0.355 e. The Bertz CT molecular complexity index is 433. The number of aliphatic hydroxyl groups excluding tert-OH is 1. The number of nitrogens with two attached hydrogens (primary N) is 1. The molecular formula is C7H17NO8P2S. The fourth-order valence-electron chi connectivity index (χ4n) is 1.47. The molecule has 0 saturated carbocycles. The van der Waals surface area contributed by atoms with Crippen LogP contribution in [0.25, 0.3) is 0 Å². The van der Waals surface area contributed by atoms with Gasteiger partial charge in [-0.1, -0.05) is 11.8 Å². The van der Waals surface area contributed by atoms with Gasteiger partial charge in [0.05, 0.1) is 17.0 Å². The predicted octanol–water partition coefficient (Wildman–Crippen LogP) is -0.974. The second-order valence-electron chi connectivity index (χ2n) is 4.26. The highest BCUT2D eigenvalue weighted by atomic mass is 32.2. The molecule has 114 valence electrons. The Morgan fingerprint density at radius 3 is 2.00 bits per heavy atom. The van der Waals surface area contributed by atoms with Crippen molar-refractivity contribution >= 4 is 32.1 Å². The van der Waals surface area contributed by atoms with Crippen molar-refractivity contribution < 1.29 is 38.6 Å². The van der Waals surface area contributed by atoms with Crippen molar-refractivity contribution in [1.82, 2.24) is 0 Å². The van der Waals surface area contributed by atoms with Gasteiger partial charge in [0.1, 0.15) is 0 Å². The van der Waals surface area contributed by atoms with E-state index >= 15 is 0 Å². The number of hydrogen-bond donors (Lipinski definition) is 6. The molecule has 0 saturated heterocycles. The maximum atomic E-state index is 11.1. The summed E-state index contributed by atoms with van der Waals surface area (Å²) >= 11 is 0.422. The zero-order chi connectivity index (χ0) is 15.6. The molecule has 0 aliphatic heterocycles. The van der Waals surface area contributed by atoms with Crippen molar-refractivity contribution in [1.29, 1.82) is 0 Å². The third-order valence-corrected chi connectivity index (χ3v) is 5.73. The Morgan fingerprint density at radius 2 is 1.74 bits per heavy atom. The van der Waals surface area contributed by atoms with Gasteiger partial charge in [0.15, 0.2) is 11.0 Å². The standard InChI is InChI=1S/C7H17NO8P2S/c1-4(9)19-7(2,3-17(11,12)13)5(8)6(10)18(14,15)16/h5-6,10H,3,8H2,1-2H3,(H2,11,12,13)(H2,14,15,16). The van der Waals surface area contributed by atoms with Gasteiger partial charge < -0.3 is 30.4 Å². The van der Waals surface area contributed by atoms with E-state index in [0.717, 1.165) is 13.8 Å². The minimum Gasteiger partial charge on any atom is -0.379 e. The van der Waals surface area contributed by atoms with E-state index < -0.39 is 43.1 Å². The Kier molecular flexibility index (Phi) is 6.42. The van der Waals surface area contributed by atoms with E-state index in [-0.39, 0.29) is 0 Å². The number of rotatable bonds is 6. The van der Waals surface area contributed by atoms with Crippen molar-refractivity contribution in [3.63, 3.8) is 0 Å². The number of thioether (sulfide) groups is 1. The average Bonchev–Trinajstić information content (AvgIpc) is 2.09. The lowest BCUT2D eigenvalue weighted by Crippen LogP contribution is -2.53. The van der Waals surface area contributed by atoms with Crippen molar-refractivity contribution in [3.8, 4) is 0 Å². The molecule has 0 heterocycles. The van der Waals surface area contributed by atoms with E-state index in [9.17, 15) is 19.0 Å². The van der Waals surface area contributed by atoms with Crippen LogP contribution in [0.2, 0.25) is 0 Å². The number of carbonyl (C=O) groups excluding carboxylic acids is 1. The van der Waals surface area contributed by atoms with Crippen molar-refractivity contribution in [3.05, 3.63) is 0 Å². The second kappa shape index (κ2) is 6.34. The summed E-state index contributed by atoms with van der Waals surface area (Å²) < 4.78 is 20.3. The summed E-state index contributed by atoms with van der Waals surface area (Å²) in [7, 11) is -9.57. The van der Waals surface area contributed by atoms with Gasteiger partial charge in [0.25, 0.3) is 0 Å². The van der Waals surface area contributed by atoms with Gasteiger partial charge in [-0.25, -0.2) is 0 Å². The van der Waals surface area contributed by atoms with E-state index in [1.807, 2.05) is 0 Å². The quantitative estimate of drug-likeness (QED) is 0.330. The summed E-state index contributed by atoms with van der Waals surface area (Å²) in [5, 5.41) is 8.88. The Morgan fingerprint density at radius 1 is 1.32 bits per heavy atom. The monoisotopic (exact) mass is 337 g/mol. The minimum absolute atomic E-state index is 0.422. The highest BCUT2D eigenvalue weighted by molar-refractivity contribution is 8.15. The molecule has 0 aliphatic rings. The number of carbonyl (C=O) groups is 1. The molecule has 0 aromatic rings. The van der Waals surface area contributed by atoms with Crippen LogP contribution in [0.4, 0.5) is 0 Å². The molecule has 0 rings (SSSR count). The second-order valence-corrected chi connectivity index (χ2v) is 9.32. The van der Waals surface area contributed by atoms with E-state index in [1.165, 1.54) is 0 Å². The lowest BCUT2D eigenvalue weighted by atomic mass is 10.1. The summed E-state index contributed by atoms with van der Waals surface area (Å²) in [5.74, 6) is -2.32. The fraction of sp³-hybridized carbons (Fsp3) is 0.857. The molecule has 0 aliphatic carbocycles. The number of aliphatic hydroxyl groups is 1. The normalized spacial score (nSPS) is 19.6. The predicted molar refractivity (Wildman–Crippen MR) is 69.6 cm³/mol. The molecule has 0 fully saturated rings. The largest absolute Gasteiger partial charge is 0.379 e. The zero-order valence-corrected chi connectivity index (χ0v) is 12.8. The molecule has 9 nitrogen and oxygen atoms in total. The summed E-state index contributed by atoms with van der Waals surface area (Å²) in [6.45, 7) is 2.26. The van der Waals surface area contributed by atoms with Gasteiger partial charge >= 0.3 is 15.2 Å². The van der Waals surface area contributed by atoms with Gasteiger partial charge in [0, 0.05) is 6.92 Å². The lowest BCUT2D eigenvalue weighted by Gasteiger charge is -2.36. The van der Waals surface area contributed by atoms with Gasteiger partial charge in [-0.2, -0.15) is 0 Å². The number of hydrogen-bond acceptors (Lipinski definition) is 6. The molecule has 12 heteroatoms. The molecule has 0 bridgehead atoms. The highest BCUT2D eigenvalue weighted by Gasteiger charge is 2.47. The van der Waals surface area contributed by atoms with E-state index in [4.69, 9.17) is 25.3 Å². The summed E-state index contributed by atoms with van der Waals surface area (Å²) in [6.07, 6.45) is -0.900. The molecule has 0 spiro atoms. The highest BCUT2D eigenvalue weighted by Crippen LogP contribution is 2.50. The molecule has 0 aromatic heterocycles. The summed E-state index contributed by atoms with van der Waals surface area (Å²) in [4.78, 5) is 46.7. The lowest BCUT2D eigenvalue weighted by molar-refractivity contribution is -0.109. The minimum atomic E-state index is -4.97. The van der Waals surface area contributed by atoms with Crippen LogP contribution in [0, 0.1) is 0 Å². The van der Waals surface area contributed by atoms with Crippen LogP contribution in [0.5, 0.6) is 0 Å². The first-order valence-electron chi connectivity index (χ1n) is 4.92. The average molecular weight is 337 g/mol. The molecule has 0 amide bonds. The van der Waals surface area contributed by atoms with Crippen LogP contribution in [0.1, 0.15) is 13.8 Å². The van der Waals surface area contributed by atoms with Gasteiger partial charge in [-0.3, -0.25) is 13.9 Å². The maximum Gasteiger partial charge on any atom is 0.355 e. The fourth-order valence-corrected chi connectivity index (χ4v) is 5.03. The van der Waals surface area contributed by atoms with Gasteiger partial charge in [0.2, 0.25) is 0 Å². The molecule has 0 aromatic carbocycles. The Balaban J connectivity index is 5.42. The van der Waals surface area contributed by atoms with E-state index in [0.29, 0.717) is 11.8 Å². The third-order valence-electron chi connectivity index (χ3n) is 2.27. The van der Waals surface area contributed by atoms with Crippen LogP contribution < -0.4 is 5.73 Å². The first-order valence-corrected chi connectivity index (χ1v) is 9.21. The zero-order valence-electron chi connectivity index (χ0n) is 10.2. The third kappa shape index (κ3) is 6.48. The topological polar surface area (TPSA) is 178 Å². The van der Waals surface area contributed by atoms with Gasteiger partial charge in [-0.05, 0) is 6.92 Å². The van der Waals surface area contributed by atoms with Crippen LogP contribution in [0.15, 0.2) is 0 Å². The summed E-state index contributed by atoms with van der Waals surface area (Å²) in [5.41, 5.74) is 5.48. The maximum absolute atomic E-state index is 11.1.